The second-order valence-electron chi connectivity index (χ2n) is 6.49. The molecule has 1 saturated carbocycles. The maximum atomic E-state index is 11.9. The van der Waals surface area contributed by atoms with Crippen LogP contribution in [0.1, 0.15) is 45.4 Å². The van der Waals surface area contributed by atoms with Crippen LogP contribution in [0.4, 0.5) is 0 Å². The fourth-order valence-corrected chi connectivity index (χ4v) is 2.88. The minimum absolute atomic E-state index is 0.207. The molecule has 1 atom stereocenters. The average molecular weight is 282 g/mol. The summed E-state index contributed by atoms with van der Waals surface area (Å²) in [5, 5.41) is 6.40. The van der Waals surface area contributed by atoms with Crippen molar-refractivity contribution in [1.82, 2.24) is 10.6 Å². The van der Waals surface area contributed by atoms with Gasteiger partial charge in [-0.2, -0.15) is 0 Å². The third-order valence-electron chi connectivity index (χ3n) is 4.53. The second-order valence-corrected chi connectivity index (χ2v) is 6.49. The number of ether oxygens (including phenoxy) is 1. The average Bonchev–Trinajstić information content (AvgIpc) is 3.27. The lowest BCUT2D eigenvalue weighted by Crippen LogP contribution is -2.33. The van der Waals surface area contributed by atoms with Crippen LogP contribution in [0.2, 0.25) is 0 Å². The van der Waals surface area contributed by atoms with Crippen molar-refractivity contribution in [3.05, 3.63) is 0 Å². The van der Waals surface area contributed by atoms with Crippen molar-refractivity contribution in [2.75, 3.05) is 32.8 Å². The number of carbonyl (C=O) groups excluding carboxylic acids is 1. The minimum atomic E-state index is 0.207. The monoisotopic (exact) mass is 282 g/mol. The van der Waals surface area contributed by atoms with E-state index in [-0.39, 0.29) is 5.91 Å². The van der Waals surface area contributed by atoms with Crippen molar-refractivity contribution in [1.29, 1.82) is 0 Å². The molecule has 1 aliphatic heterocycles. The Morgan fingerprint density at radius 3 is 2.75 bits per heavy atom. The lowest BCUT2D eigenvalue weighted by atomic mass is 9.84. The van der Waals surface area contributed by atoms with Crippen LogP contribution < -0.4 is 10.6 Å². The number of hydrogen-bond donors (Lipinski definition) is 2. The minimum Gasteiger partial charge on any atom is -0.381 e. The molecule has 0 radical (unpaired) electrons. The molecular weight excluding hydrogens is 252 g/mol. The smallest absolute Gasteiger partial charge is 0.220 e. The fourth-order valence-electron chi connectivity index (χ4n) is 2.88. The number of rotatable bonds is 9. The van der Waals surface area contributed by atoms with E-state index in [0.717, 1.165) is 45.2 Å². The Kier molecular flexibility index (Phi) is 6.80. The summed E-state index contributed by atoms with van der Waals surface area (Å²) in [6.45, 7) is 6.88. The van der Waals surface area contributed by atoms with Crippen LogP contribution in [-0.2, 0) is 9.53 Å². The summed E-state index contributed by atoms with van der Waals surface area (Å²) < 4.78 is 5.56. The van der Waals surface area contributed by atoms with Gasteiger partial charge in [-0.05, 0) is 62.9 Å². The van der Waals surface area contributed by atoms with Gasteiger partial charge in [-0.25, -0.2) is 0 Å². The first-order chi connectivity index (χ1) is 9.75. The van der Waals surface area contributed by atoms with Gasteiger partial charge < -0.3 is 15.4 Å². The molecule has 4 nitrogen and oxygen atoms in total. The Labute approximate surface area is 123 Å². The predicted molar refractivity (Wildman–Crippen MR) is 80.5 cm³/mol. The van der Waals surface area contributed by atoms with Crippen LogP contribution in [0.15, 0.2) is 0 Å². The second kappa shape index (κ2) is 8.63. The Bertz CT molecular complexity index is 286. The fraction of sp³-hybridized carbons (Fsp3) is 0.938. The first kappa shape index (κ1) is 15.8. The highest BCUT2D eigenvalue weighted by Gasteiger charge is 2.22. The maximum absolute atomic E-state index is 11.9. The topological polar surface area (TPSA) is 50.4 Å². The van der Waals surface area contributed by atoms with Gasteiger partial charge in [0.05, 0.1) is 0 Å². The summed E-state index contributed by atoms with van der Waals surface area (Å²) in [5.74, 6) is 2.25. The van der Waals surface area contributed by atoms with Crippen molar-refractivity contribution in [3.8, 4) is 0 Å². The third-order valence-corrected chi connectivity index (χ3v) is 4.53. The van der Waals surface area contributed by atoms with Gasteiger partial charge in [-0.1, -0.05) is 6.92 Å². The zero-order chi connectivity index (χ0) is 14.2. The molecule has 20 heavy (non-hydrogen) atoms. The molecule has 2 fully saturated rings. The molecule has 0 aromatic carbocycles. The molecule has 0 bridgehead atoms. The Balaban J connectivity index is 1.46. The molecule has 1 saturated heterocycles. The number of amides is 1. The van der Waals surface area contributed by atoms with E-state index < -0.39 is 0 Å². The molecule has 2 N–H and O–H groups in total. The summed E-state index contributed by atoms with van der Waals surface area (Å²) in [6.07, 6.45) is 6.71. The molecular formula is C16H30N2O2. The molecule has 1 amide bonds. The van der Waals surface area contributed by atoms with Gasteiger partial charge in [-0.3, -0.25) is 4.79 Å². The molecule has 1 heterocycles. The zero-order valence-electron chi connectivity index (χ0n) is 12.8. The van der Waals surface area contributed by atoms with E-state index in [1.165, 1.54) is 25.7 Å². The number of piperidine rings is 1. The Morgan fingerprint density at radius 2 is 2.05 bits per heavy atom. The Hall–Kier alpha value is -0.610. The first-order valence-corrected chi connectivity index (χ1v) is 8.31. The molecule has 4 heteroatoms. The molecule has 1 unspecified atom stereocenters. The van der Waals surface area contributed by atoms with Gasteiger partial charge >= 0.3 is 0 Å². The molecule has 1 aliphatic carbocycles. The number of carbonyl (C=O) groups is 1. The number of nitrogens with one attached hydrogen (secondary N) is 2. The van der Waals surface area contributed by atoms with Gasteiger partial charge in [0.25, 0.3) is 0 Å². The summed E-state index contributed by atoms with van der Waals surface area (Å²) in [6, 6.07) is 0. The molecule has 0 spiro atoms. The molecule has 116 valence electrons. The predicted octanol–water partition coefficient (Wildman–Crippen LogP) is 1.95. The summed E-state index contributed by atoms with van der Waals surface area (Å²) >= 11 is 0. The third kappa shape index (κ3) is 6.23. The van der Waals surface area contributed by atoms with E-state index in [1.807, 2.05) is 0 Å². The van der Waals surface area contributed by atoms with Crippen LogP contribution in [0, 0.1) is 17.8 Å². The van der Waals surface area contributed by atoms with Crippen molar-refractivity contribution in [2.24, 2.45) is 17.8 Å². The molecule has 2 aliphatic rings. The molecule has 0 aromatic heterocycles. The summed E-state index contributed by atoms with van der Waals surface area (Å²) in [4.78, 5) is 11.9. The van der Waals surface area contributed by atoms with E-state index in [2.05, 4.69) is 17.6 Å². The summed E-state index contributed by atoms with van der Waals surface area (Å²) in [5.41, 5.74) is 0. The van der Waals surface area contributed by atoms with Gasteiger partial charge in [0.1, 0.15) is 0 Å². The van der Waals surface area contributed by atoms with E-state index in [9.17, 15) is 4.79 Å². The first-order valence-electron chi connectivity index (χ1n) is 8.31. The highest BCUT2D eigenvalue weighted by Crippen LogP contribution is 2.28. The maximum Gasteiger partial charge on any atom is 0.220 e. The standard InChI is InChI=1S/C16H30N2O2/c1-13(15-5-8-17-9-6-15)11-16(19)18-7-2-10-20-12-14-3-4-14/h13-15,17H,2-12H2,1H3,(H,18,19). The van der Waals surface area contributed by atoms with Crippen LogP contribution in [0.3, 0.4) is 0 Å². The molecule has 0 aromatic rings. The van der Waals surface area contributed by atoms with E-state index in [0.29, 0.717) is 18.3 Å². The van der Waals surface area contributed by atoms with Gasteiger partial charge in [0.2, 0.25) is 5.91 Å². The number of hydrogen-bond acceptors (Lipinski definition) is 3. The van der Waals surface area contributed by atoms with Crippen LogP contribution in [0.5, 0.6) is 0 Å². The van der Waals surface area contributed by atoms with Crippen LogP contribution in [0.25, 0.3) is 0 Å². The highest BCUT2D eigenvalue weighted by molar-refractivity contribution is 5.76. The van der Waals surface area contributed by atoms with E-state index >= 15 is 0 Å². The van der Waals surface area contributed by atoms with Crippen LogP contribution in [-0.4, -0.2) is 38.8 Å². The highest BCUT2D eigenvalue weighted by atomic mass is 16.5. The molecule has 2 rings (SSSR count). The largest absolute Gasteiger partial charge is 0.381 e. The van der Waals surface area contributed by atoms with Gasteiger partial charge in [0.15, 0.2) is 0 Å². The van der Waals surface area contributed by atoms with Crippen LogP contribution >= 0.6 is 0 Å². The quantitative estimate of drug-likeness (QED) is 0.636. The van der Waals surface area contributed by atoms with Crippen molar-refractivity contribution in [2.45, 2.75) is 45.4 Å². The van der Waals surface area contributed by atoms with Gasteiger partial charge in [-0.15, -0.1) is 0 Å². The van der Waals surface area contributed by atoms with Crippen molar-refractivity contribution in [3.63, 3.8) is 0 Å². The van der Waals surface area contributed by atoms with Crippen molar-refractivity contribution < 1.29 is 9.53 Å². The lowest BCUT2D eigenvalue weighted by Gasteiger charge is -2.27. The van der Waals surface area contributed by atoms with E-state index in [4.69, 9.17) is 4.74 Å². The van der Waals surface area contributed by atoms with E-state index in [1.54, 1.807) is 0 Å². The summed E-state index contributed by atoms with van der Waals surface area (Å²) in [7, 11) is 0. The SMILES string of the molecule is CC(CC(=O)NCCCOCC1CC1)C1CCNCC1. The zero-order valence-corrected chi connectivity index (χ0v) is 12.8. The normalized spacial score (nSPS) is 21.6. The van der Waals surface area contributed by atoms with Crippen molar-refractivity contribution >= 4 is 5.91 Å². The van der Waals surface area contributed by atoms with Gasteiger partial charge in [0, 0.05) is 26.2 Å². The lowest BCUT2D eigenvalue weighted by molar-refractivity contribution is -0.122. The Morgan fingerprint density at radius 1 is 1.30 bits per heavy atom.